The summed E-state index contributed by atoms with van der Waals surface area (Å²) >= 11 is 1.21. The Hall–Kier alpha value is -4.29. The maximum Gasteiger partial charge on any atom is 0.357 e. The molecule has 2 heterocycles. The molecule has 0 amide bonds. The first kappa shape index (κ1) is 30.7. The van der Waals surface area contributed by atoms with Gasteiger partial charge in [-0.15, -0.1) is 11.3 Å². The van der Waals surface area contributed by atoms with Crippen molar-refractivity contribution in [3.63, 3.8) is 0 Å². The fraction of sp³-hybridized carbons (Fsp3) is 0.242. The molecule has 0 saturated heterocycles. The highest BCUT2D eigenvalue weighted by Gasteiger charge is 2.30. The minimum absolute atomic E-state index is 0.140. The molecule has 0 N–H and O–H groups in total. The van der Waals surface area contributed by atoms with Gasteiger partial charge >= 0.3 is 5.97 Å². The zero-order valence-corrected chi connectivity index (χ0v) is 26.0. The van der Waals surface area contributed by atoms with Crippen LogP contribution in [-0.4, -0.2) is 42.0 Å². The van der Waals surface area contributed by atoms with Crippen LogP contribution in [0, 0.1) is 23.4 Å². The molecule has 0 aliphatic heterocycles. The van der Waals surface area contributed by atoms with Crippen LogP contribution in [0.25, 0.3) is 27.5 Å². The number of thiazole rings is 1. The Kier molecular flexibility index (Phi) is 8.36. The fourth-order valence-electron chi connectivity index (χ4n) is 5.24. The maximum atomic E-state index is 15.1. The van der Waals surface area contributed by atoms with Crippen LogP contribution in [0.5, 0.6) is 0 Å². The predicted molar refractivity (Wildman–Crippen MR) is 165 cm³/mol. The van der Waals surface area contributed by atoms with Crippen LogP contribution < -0.4 is 0 Å². The number of ether oxygens (including phenoxy) is 1. The van der Waals surface area contributed by atoms with Crippen molar-refractivity contribution in [3.05, 3.63) is 106 Å². The summed E-state index contributed by atoms with van der Waals surface area (Å²) in [5, 5.41) is 6.95. The van der Waals surface area contributed by atoms with Crippen LogP contribution in [0.3, 0.4) is 0 Å². The summed E-state index contributed by atoms with van der Waals surface area (Å²) < 4.78 is 75.1. The highest BCUT2D eigenvalue weighted by molar-refractivity contribution is 7.90. The first-order chi connectivity index (χ1) is 21.5. The van der Waals surface area contributed by atoms with E-state index in [2.05, 4.69) is 4.98 Å². The third-order valence-corrected chi connectivity index (χ3v) is 9.52. The van der Waals surface area contributed by atoms with Crippen LogP contribution in [0.15, 0.2) is 70.9 Å². The van der Waals surface area contributed by atoms with E-state index in [-0.39, 0.29) is 24.3 Å². The number of rotatable bonds is 10. The molecule has 12 heteroatoms. The van der Waals surface area contributed by atoms with Gasteiger partial charge in [0.25, 0.3) is 0 Å². The summed E-state index contributed by atoms with van der Waals surface area (Å²) in [6.45, 7) is 1.90. The number of sulfone groups is 1. The van der Waals surface area contributed by atoms with E-state index >= 15 is 4.39 Å². The average molecular weight is 652 g/mol. The summed E-state index contributed by atoms with van der Waals surface area (Å²) in [6, 6.07) is 14.1. The topological polar surface area (TPSA) is 91.2 Å². The minimum Gasteiger partial charge on any atom is -0.461 e. The largest absolute Gasteiger partial charge is 0.461 e. The smallest absolute Gasteiger partial charge is 0.357 e. The monoisotopic (exact) mass is 651 g/mol. The molecular formula is C33H28F3N3O4S2. The molecule has 1 aliphatic rings. The van der Waals surface area contributed by atoms with Gasteiger partial charge in [0.15, 0.2) is 15.5 Å². The molecule has 0 radical (unpaired) electrons. The van der Waals surface area contributed by atoms with Crippen molar-refractivity contribution < 1.29 is 31.1 Å². The first-order valence-corrected chi connectivity index (χ1v) is 17.1. The Morgan fingerprint density at radius 3 is 2.51 bits per heavy atom. The lowest BCUT2D eigenvalue weighted by atomic mass is 9.95. The molecule has 1 fully saturated rings. The maximum absolute atomic E-state index is 15.1. The number of benzene rings is 3. The second-order valence-corrected chi connectivity index (χ2v) is 13.8. The van der Waals surface area contributed by atoms with E-state index in [1.54, 1.807) is 41.3 Å². The van der Waals surface area contributed by atoms with Crippen molar-refractivity contribution >= 4 is 27.1 Å². The SMILES string of the molecule is CCOC(=O)c1csc(-n2nc(-c3ccc(F)c(-c4cccc(F)c4)c3)c(Cc3ccc(S(C)(=O)=O)c(F)c3)c2CC2CC2)n1. The van der Waals surface area contributed by atoms with Crippen molar-refractivity contribution in [2.45, 2.75) is 37.5 Å². The van der Waals surface area contributed by atoms with Crippen molar-refractivity contribution in [2.24, 2.45) is 5.92 Å². The highest BCUT2D eigenvalue weighted by Crippen LogP contribution is 2.39. The number of carbonyl (C=O) groups excluding carboxylic acids is 1. The summed E-state index contributed by atoms with van der Waals surface area (Å²) in [6.07, 6.45) is 3.79. The van der Waals surface area contributed by atoms with Crippen LogP contribution in [0.1, 0.15) is 47.1 Å². The standard InChI is InChI=1S/C33H28F3N3O4S2/c1-3-43-32(40)28-18-44-33(37-28)39-29(15-19-7-8-19)25(13-20-9-12-30(27(36)14-20)45(2,41)42)31(38-39)22-10-11-26(35)24(17-22)21-5-4-6-23(34)16-21/h4-6,9-12,14,16-19H,3,7-8,13,15H2,1-2H3. The lowest BCUT2D eigenvalue weighted by Gasteiger charge is -2.11. The molecule has 0 spiro atoms. The van der Waals surface area contributed by atoms with Gasteiger partial charge in [0, 0.05) is 34.7 Å². The van der Waals surface area contributed by atoms with Gasteiger partial charge in [0.1, 0.15) is 22.3 Å². The molecule has 3 aromatic carbocycles. The molecule has 2 aromatic heterocycles. The Balaban J connectivity index is 1.53. The van der Waals surface area contributed by atoms with E-state index in [0.717, 1.165) is 30.4 Å². The highest BCUT2D eigenvalue weighted by atomic mass is 32.2. The van der Waals surface area contributed by atoms with E-state index in [1.165, 1.54) is 47.7 Å². The number of esters is 1. The van der Waals surface area contributed by atoms with Crippen molar-refractivity contribution in [1.29, 1.82) is 0 Å². The normalized spacial score (nSPS) is 13.3. The van der Waals surface area contributed by atoms with E-state index in [1.807, 2.05) is 0 Å². The lowest BCUT2D eigenvalue weighted by Crippen LogP contribution is -2.08. The third kappa shape index (κ3) is 6.57. The van der Waals surface area contributed by atoms with Crippen LogP contribution >= 0.6 is 11.3 Å². The van der Waals surface area contributed by atoms with E-state index in [9.17, 15) is 22.0 Å². The van der Waals surface area contributed by atoms with Crippen LogP contribution in [-0.2, 0) is 27.4 Å². The molecule has 6 rings (SSSR count). The van der Waals surface area contributed by atoms with Crippen LogP contribution in [0.2, 0.25) is 0 Å². The quantitative estimate of drug-likeness (QED) is 0.148. The summed E-state index contributed by atoms with van der Waals surface area (Å²) in [5.74, 6) is -2.08. The molecule has 1 aliphatic carbocycles. The number of hydrogen-bond acceptors (Lipinski definition) is 7. The molecular weight excluding hydrogens is 624 g/mol. The third-order valence-electron chi connectivity index (χ3n) is 7.58. The van der Waals surface area contributed by atoms with Gasteiger partial charge in [-0.3, -0.25) is 0 Å². The summed E-state index contributed by atoms with van der Waals surface area (Å²) in [4.78, 5) is 16.5. The number of aromatic nitrogens is 3. The number of hydrogen-bond donors (Lipinski definition) is 0. The summed E-state index contributed by atoms with van der Waals surface area (Å²) in [5.41, 5.74) is 3.71. The minimum atomic E-state index is -3.77. The molecule has 0 unspecified atom stereocenters. The zero-order valence-electron chi connectivity index (χ0n) is 24.4. The fourth-order valence-corrected chi connectivity index (χ4v) is 6.73. The zero-order chi connectivity index (χ0) is 31.9. The Labute approximate surface area is 262 Å². The molecule has 0 atom stereocenters. The second kappa shape index (κ2) is 12.2. The molecule has 1 saturated carbocycles. The van der Waals surface area contributed by atoms with Crippen molar-refractivity contribution in [3.8, 4) is 27.5 Å². The molecule has 45 heavy (non-hydrogen) atoms. The van der Waals surface area contributed by atoms with E-state index < -0.39 is 38.2 Å². The van der Waals surface area contributed by atoms with Gasteiger partial charge in [0.05, 0.1) is 18.0 Å². The predicted octanol–water partition coefficient (Wildman–Crippen LogP) is 7.20. The van der Waals surface area contributed by atoms with Crippen LogP contribution in [0.4, 0.5) is 13.2 Å². The van der Waals surface area contributed by atoms with Gasteiger partial charge in [0.2, 0.25) is 5.13 Å². The molecule has 5 aromatic rings. The van der Waals surface area contributed by atoms with Crippen molar-refractivity contribution in [1.82, 2.24) is 14.8 Å². The van der Waals surface area contributed by atoms with Gasteiger partial charge in [-0.25, -0.2) is 36.0 Å². The van der Waals surface area contributed by atoms with Gasteiger partial charge in [-0.2, -0.15) is 5.10 Å². The molecule has 7 nitrogen and oxygen atoms in total. The number of carbonyl (C=O) groups is 1. The first-order valence-electron chi connectivity index (χ1n) is 14.3. The van der Waals surface area contributed by atoms with Gasteiger partial charge in [-0.05, 0) is 85.7 Å². The Bertz CT molecular complexity index is 2030. The Morgan fingerprint density at radius 2 is 1.82 bits per heavy atom. The van der Waals surface area contributed by atoms with Crippen molar-refractivity contribution in [2.75, 3.05) is 12.9 Å². The summed E-state index contributed by atoms with van der Waals surface area (Å²) in [7, 11) is -3.77. The Morgan fingerprint density at radius 1 is 1.02 bits per heavy atom. The number of halogens is 3. The lowest BCUT2D eigenvalue weighted by molar-refractivity contribution is 0.0520. The van der Waals surface area contributed by atoms with E-state index in [0.29, 0.717) is 39.9 Å². The molecule has 0 bridgehead atoms. The average Bonchev–Trinajstić information content (AvgIpc) is 3.55. The molecule has 232 valence electrons. The van der Waals surface area contributed by atoms with E-state index in [4.69, 9.17) is 9.84 Å². The van der Waals surface area contributed by atoms with Gasteiger partial charge < -0.3 is 4.74 Å². The second-order valence-electron chi connectivity index (χ2n) is 11.0. The van der Waals surface area contributed by atoms with Gasteiger partial charge in [-0.1, -0.05) is 18.2 Å². The number of nitrogens with zero attached hydrogens (tertiary/aromatic N) is 3.